The average Bonchev–Trinajstić information content (AvgIpc) is 2.15. The summed E-state index contributed by atoms with van der Waals surface area (Å²) < 4.78 is 0. The van der Waals surface area contributed by atoms with Crippen LogP contribution in [0, 0.1) is 0 Å². The Bertz CT molecular complexity index is 142. The highest BCUT2D eigenvalue weighted by atomic mass is 32.2. The Morgan fingerprint density at radius 3 is 2.57 bits per heavy atom. The third kappa shape index (κ3) is 11.8. The SMILES string of the molecule is CSCCCCCNCCNC(C)=O. The predicted octanol–water partition coefficient (Wildman–Crippen LogP) is 1.25. The molecule has 0 bridgehead atoms. The number of carbonyl (C=O) groups is 1. The van der Waals surface area contributed by atoms with Gasteiger partial charge in [-0.1, -0.05) is 6.42 Å². The fraction of sp³-hybridized carbons (Fsp3) is 0.900. The molecule has 0 aromatic rings. The van der Waals surface area contributed by atoms with Gasteiger partial charge in [-0.15, -0.1) is 0 Å². The molecule has 14 heavy (non-hydrogen) atoms. The van der Waals surface area contributed by atoms with Crippen LogP contribution in [0.3, 0.4) is 0 Å². The lowest BCUT2D eigenvalue weighted by Crippen LogP contribution is -2.30. The Labute approximate surface area is 91.4 Å². The lowest BCUT2D eigenvalue weighted by Gasteiger charge is -2.04. The first-order valence-corrected chi connectivity index (χ1v) is 6.61. The number of amides is 1. The molecule has 4 heteroatoms. The molecule has 0 aliphatic carbocycles. The van der Waals surface area contributed by atoms with Crippen LogP contribution < -0.4 is 10.6 Å². The maximum absolute atomic E-state index is 10.5. The molecule has 84 valence electrons. The Kier molecular flexibility index (Phi) is 10.7. The second-order valence-electron chi connectivity index (χ2n) is 3.29. The molecule has 0 radical (unpaired) electrons. The maximum atomic E-state index is 10.5. The molecule has 2 N–H and O–H groups in total. The van der Waals surface area contributed by atoms with Crippen LogP contribution in [0.4, 0.5) is 0 Å². The number of nitrogens with one attached hydrogen (secondary N) is 2. The predicted molar refractivity (Wildman–Crippen MR) is 63.8 cm³/mol. The van der Waals surface area contributed by atoms with E-state index in [0.717, 1.165) is 19.6 Å². The summed E-state index contributed by atoms with van der Waals surface area (Å²) in [5.41, 5.74) is 0. The van der Waals surface area contributed by atoms with Crippen LogP contribution in [-0.2, 0) is 4.79 Å². The molecule has 0 unspecified atom stereocenters. The molecule has 0 aliphatic rings. The van der Waals surface area contributed by atoms with Gasteiger partial charge in [0.15, 0.2) is 0 Å². The summed E-state index contributed by atoms with van der Waals surface area (Å²) in [6.45, 7) is 4.22. The number of thioether (sulfide) groups is 1. The summed E-state index contributed by atoms with van der Waals surface area (Å²) in [5.74, 6) is 1.32. The van der Waals surface area contributed by atoms with Crippen LogP contribution in [0.5, 0.6) is 0 Å². The zero-order valence-electron chi connectivity index (χ0n) is 9.27. The molecule has 3 nitrogen and oxygen atoms in total. The largest absolute Gasteiger partial charge is 0.355 e. The molecular formula is C10H22N2OS. The van der Waals surface area contributed by atoms with Crippen LogP contribution in [0.15, 0.2) is 0 Å². The lowest BCUT2D eigenvalue weighted by atomic mass is 10.2. The van der Waals surface area contributed by atoms with Crippen molar-refractivity contribution in [1.29, 1.82) is 0 Å². The van der Waals surface area contributed by atoms with E-state index in [9.17, 15) is 4.79 Å². The lowest BCUT2D eigenvalue weighted by molar-refractivity contribution is -0.118. The Morgan fingerprint density at radius 1 is 1.14 bits per heavy atom. The summed E-state index contributed by atoms with van der Waals surface area (Å²) in [6, 6.07) is 0. The van der Waals surface area contributed by atoms with E-state index in [1.807, 2.05) is 11.8 Å². The highest BCUT2D eigenvalue weighted by Crippen LogP contribution is 2.00. The molecule has 1 amide bonds. The summed E-state index contributed by atoms with van der Waals surface area (Å²) in [4.78, 5) is 10.5. The van der Waals surface area contributed by atoms with Gasteiger partial charge >= 0.3 is 0 Å². The van der Waals surface area contributed by atoms with E-state index in [1.54, 1.807) is 6.92 Å². The molecule has 0 heterocycles. The van der Waals surface area contributed by atoms with Gasteiger partial charge in [-0.05, 0) is 31.4 Å². The van der Waals surface area contributed by atoms with Gasteiger partial charge < -0.3 is 10.6 Å². The third-order valence-corrected chi connectivity index (χ3v) is 2.57. The molecule has 0 fully saturated rings. The van der Waals surface area contributed by atoms with E-state index < -0.39 is 0 Å². The van der Waals surface area contributed by atoms with Gasteiger partial charge in [-0.25, -0.2) is 0 Å². The highest BCUT2D eigenvalue weighted by molar-refractivity contribution is 7.98. The van der Waals surface area contributed by atoms with Crippen LogP contribution in [0.2, 0.25) is 0 Å². The van der Waals surface area contributed by atoms with Crippen molar-refractivity contribution in [2.45, 2.75) is 26.2 Å². The first-order valence-electron chi connectivity index (χ1n) is 5.21. The summed E-state index contributed by atoms with van der Waals surface area (Å²) in [6.07, 6.45) is 5.99. The first kappa shape index (κ1) is 13.8. The molecule has 0 atom stereocenters. The maximum Gasteiger partial charge on any atom is 0.216 e. The van der Waals surface area contributed by atoms with Crippen LogP contribution in [0.1, 0.15) is 26.2 Å². The van der Waals surface area contributed by atoms with Crippen LogP contribution in [0.25, 0.3) is 0 Å². The molecule has 0 aliphatic heterocycles. The smallest absolute Gasteiger partial charge is 0.216 e. The van der Waals surface area contributed by atoms with E-state index in [1.165, 1.54) is 25.0 Å². The molecular weight excluding hydrogens is 196 g/mol. The number of carbonyl (C=O) groups excluding carboxylic acids is 1. The standard InChI is InChI=1S/C10H22N2OS/c1-10(13)12-8-7-11-6-4-3-5-9-14-2/h11H,3-9H2,1-2H3,(H,12,13). The van der Waals surface area contributed by atoms with Gasteiger partial charge in [0.1, 0.15) is 0 Å². The molecule has 0 saturated heterocycles. The van der Waals surface area contributed by atoms with E-state index >= 15 is 0 Å². The first-order chi connectivity index (χ1) is 6.77. The van der Waals surface area contributed by atoms with E-state index in [-0.39, 0.29) is 5.91 Å². The monoisotopic (exact) mass is 218 g/mol. The van der Waals surface area contributed by atoms with Crippen molar-refractivity contribution in [1.82, 2.24) is 10.6 Å². The van der Waals surface area contributed by atoms with Gasteiger partial charge in [0.05, 0.1) is 0 Å². The Hall–Kier alpha value is -0.220. The summed E-state index contributed by atoms with van der Waals surface area (Å²) in [5, 5.41) is 6.05. The fourth-order valence-corrected chi connectivity index (χ4v) is 1.62. The summed E-state index contributed by atoms with van der Waals surface area (Å²) >= 11 is 1.91. The van der Waals surface area contributed by atoms with E-state index in [0.29, 0.717) is 0 Å². The van der Waals surface area contributed by atoms with Crippen molar-refractivity contribution in [3.05, 3.63) is 0 Å². The topological polar surface area (TPSA) is 41.1 Å². The normalized spacial score (nSPS) is 10.1. The quantitative estimate of drug-likeness (QED) is 0.572. The second-order valence-corrected chi connectivity index (χ2v) is 4.27. The van der Waals surface area contributed by atoms with E-state index in [4.69, 9.17) is 0 Å². The van der Waals surface area contributed by atoms with Crippen molar-refractivity contribution in [3.8, 4) is 0 Å². The van der Waals surface area contributed by atoms with Gasteiger partial charge in [0.2, 0.25) is 5.91 Å². The van der Waals surface area contributed by atoms with Crippen LogP contribution in [-0.4, -0.2) is 37.6 Å². The van der Waals surface area contributed by atoms with Crippen molar-refractivity contribution in [2.24, 2.45) is 0 Å². The van der Waals surface area contributed by atoms with Crippen LogP contribution >= 0.6 is 11.8 Å². The minimum Gasteiger partial charge on any atom is -0.355 e. The number of hydrogen-bond donors (Lipinski definition) is 2. The van der Waals surface area contributed by atoms with Crippen molar-refractivity contribution >= 4 is 17.7 Å². The molecule has 0 aromatic heterocycles. The molecule has 0 spiro atoms. The number of hydrogen-bond acceptors (Lipinski definition) is 3. The Morgan fingerprint density at radius 2 is 1.93 bits per heavy atom. The minimum atomic E-state index is 0.0479. The van der Waals surface area contributed by atoms with Gasteiger partial charge in [-0.2, -0.15) is 11.8 Å². The van der Waals surface area contributed by atoms with E-state index in [2.05, 4.69) is 16.9 Å². The van der Waals surface area contributed by atoms with Gasteiger partial charge in [0, 0.05) is 20.0 Å². The molecule has 0 aromatic carbocycles. The fourth-order valence-electron chi connectivity index (χ4n) is 1.13. The third-order valence-electron chi connectivity index (χ3n) is 1.88. The number of unbranched alkanes of at least 4 members (excludes halogenated alkanes) is 2. The van der Waals surface area contributed by atoms with Gasteiger partial charge in [0.25, 0.3) is 0 Å². The summed E-state index contributed by atoms with van der Waals surface area (Å²) in [7, 11) is 0. The minimum absolute atomic E-state index is 0.0479. The van der Waals surface area contributed by atoms with Crippen molar-refractivity contribution in [3.63, 3.8) is 0 Å². The molecule has 0 rings (SSSR count). The van der Waals surface area contributed by atoms with Gasteiger partial charge in [-0.3, -0.25) is 4.79 Å². The number of rotatable bonds is 9. The highest BCUT2D eigenvalue weighted by Gasteiger charge is 1.91. The van der Waals surface area contributed by atoms with Crippen molar-refractivity contribution in [2.75, 3.05) is 31.6 Å². The second kappa shape index (κ2) is 10.9. The molecule has 0 saturated carbocycles. The Balaban J connectivity index is 2.88. The average molecular weight is 218 g/mol. The van der Waals surface area contributed by atoms with Crippen molar-refractivity contribution < 1.29 is 4.79 Å². The zero-order chi connectivity index (χ0) is 10.6. The zero-order valence-corrected chi connectivity index (χ0v) is 10.1.